The Morgan fingerprint density at radius 2 is 1.58 bits per heavy atom. The van der Waals surface area contributed by atoms with E-state index < -0.39 is 0 Å². The van der Waals surface area contributed by atoms with Crippen LogP contribution in [0.25, 0.3) is 0 Å². The predicted molar refractivity (Wildman–Crippen MR) is 100 cm³/mol. The fraction of sp³-hybridized carbons (Fsp3) is 0.952. The van der Waals surface area contributed by atoms with Gasteiger partial charge in [0, 0.05) is 18.4 Å². The van der Waals surface area contributed by atoms with Gasteiger partial charge in [0.1, 0.15) is 5.78 Å². The molecule has 1 atom stereocenters. The summed E-state index contributed by atoms with van der Waals surface area (Å²) >= 11 is 0. The number of rotatable bonds is 6. The molecule has 138 valence electrons. The highest BCUT2D eigenvalue weighted by Gasteiger charge is 2.49. The molecule has 0 N–H and O–H groups in total. The Labute approximate surface area is 149 Å². The van der Waals surface area contributed by atoms with E-state index in [4.69, 9.17) is 0 Å². The Morgan fingerprint density at radius 1 is 0.875 bits per heavy atom. The lowest BCUT2D eigenvalue weighted by Crippen LogP contribution is -2.43. The summed E-state index contributed by atoms with van der Waals surface area (Å²) < 4.78 is 0. The fourth-order valence-corrected chi connectivity index (χ4v) is 5.53. The Morgan fingerprint density at radius 3 is 2.25 bits per heavy atom. The van der Waals surface area contributed by atoms with Crippen LogP contribution in [0.2, 0.25) is 0 Å². The third kappa shape index (κ3) is 3.88. The number of nitrogens with zero attached hydrogens (tertiary/aromatic N) is 2. The van der Waals surface area contributed by atoms with Crippen LogP contribution in [-0.4, -0.2) is 54.9 Å². The maximum atomic E-state index is 12.8. The molecule has 0 bridgehead atoms. The van der Waals surface area contributed by atoms with Gasteiger partial charge in [-0.1, -0.05) is 20.3 Å². The van der Waals surface area contributed by atoms with Crippen molar-refractivity contribution in [3.63, 3.8) is 0 Å². The average Bonchev–Trinajstić information content (AvgIpc) is 2.99. The monoisotopic (exact) mass is 334 g/mol. The summed E-state index contributed by atoms with van der Waals surface area (Å²) in [5.74, 6) is 0.578. The lowest BCUT2D eigenvalue weighted by Gasteiger charge is -2.43. The van der Waals surface area contributed by atoms with E-state index in [1.807, 2.05) is 0 Å². The molecule has 2 aliphatic heterocycles. The van der Waals surface area contributed by atoms with Crippen LogP contribution in [0.1, 0.15) is 78.1 Å². The minimum Gasteiger partial charge on any atom is -0.303 e. The highest BCUT2D eigenvalue weighted by molar-refractivity contribution is 5.86. The topological polar surface area (TPSA) is 23.6 Å². The van der Waals surface area contributed by atoms with Crippen LogP contribution in [-0.2, 0) is 4.79 Å². The molecule has 2 saturated heterocycles. The summed E-state index contributed by atoms with van der Waals surface area (Å²) in [6, 6.07) is 0. The van der Waals surface area contributed by atoms with Crippen LogP contribution in [0.15, 0.2) is 0 Å². The van der Waals surface area contributed by atoms with Gasteiger partial charge in [-0.05, 0) is 89.5 Å². The summed E-state index contributed by atoms with van der Waals surface area (Å²) in [5, 5.41) is 0. The van der Waals surface area contributed by atoms with Gasteiger partial charge in [-0.25, -0.2) is 0 Å². The van der Waals surface area contributed by atoms with E-state index >= 15 is 0 Å². The Bertz CT molecular complexity index is 426. The molecule has 0 radical (unpaired) electrons. The summed E-state index contributed by atoms with van der Waals surface area (Å²) in [4.78, 5) is 18.1. The van der Waals surface area contributed by atoms with Crippen molar-refractivity contribution in [2.75, 3.05) is 39.3 Å². The molecule has 3 nitrogen and oxygen atoms in total. The predicted octanol–water partition coefficient (Wildman–Crippen LogP) is 4.11. The highest BCUT2D eigenvalue weighted by Crippen LogP contribution is 2.50. The Balaban J connectivity index is 1.44. The minimum atomic E-state index is 0.0208. The molecule has 0 aromatic rings. The maximum Gasteiger partial charge on any atom is 0.139 e. The first-order valence-electron chi connectivity index (χ1n) is 10.6. The molecule has 24 heavy (non-hydrogen) atoms. The summed E-state index contributed by atoms with van der Waals surface area (Å²) in [7, 11) is 0. The third-order valence-corrected chi connectivity index (χ3v) is 7.53. The number of piperidine rings is 1. The van der Waals surface area contributed by atoms with Gasteiger partial charge in [0.25, 0.3) is 0 Å². The second kappa shape index (κ2) is 7.86. The SMILES string of the molecule is CCC1(CC)CCC2(CCN(CCCN3CCCCC3)C2)CC1=O. The van der Waals surface area contributed by atoms with E-state index in [9.17, 15) is 4.79 Å². The van der Waals surface area contributed by atoms with E-state index in [2.05, 4.69) is 23.6 Å². The van der Waals surface area contributed by atoms with Gasteiger partial charge in [-0.15, -0.1) is 0 Å². The molecule has 1 aliphatic carbocycles. The third-order valence-electron chi connectivity index (χ3n) is 7.53. The van der Waals surface area contributed by atoms with Crippen molar-refractivity contribution in [2.24, 2.45) is 10.8 Å². The molecule has 3 aliphatic rings. The zero-order valence-electron chi connectivity index (χ0n) is 16.1. The number of ketones is 1. The van der Waals surface area contributed by atoms with Gasteiger partial charge in [0.2, 0.25) is 0 Å². The van der Waals surface area contributed by atoms with E-state index in [0.29, 0.717) is 11.2 Å². The number of Topliss-reactive ketones (excluding diaryl/α,β-unsaturated/α-hetero) is 1. The van der Waals surface area contributed by atoms with Gasteiger partial charge < -0.3 is 9.80 Å². The fourth-order valence-electron chi connectivity index (χ4n) is 5.53. The van der Waals surface area contributed by atoms with Crippen LogP contribution in [0.5, 0.6) is 0 Å². The molecule has 1 saturated carbocycles. The smallest absolute Gasteiger partial charge is 0.139 e. The quantitative estimate of drug-likeness (QED) is 0.730. The van der Waals surface area contributed by atoms with E-state index in [0.717, 1.165) is 25.7 Å². The molecule has 3 heteroatoms. The Hall–Kier alpha value is -0.410. The largest absolute Gasteiger partial charge is 0.303 e. The minimum absolute atomic E-state index is 0.0208. The summed E-state index contributed by atoms with van der Waals surface area (Å²) in [6.07, 6.45) is 12.1. The number of carbonyl (C=O) groups excluding carboxylic acids is 1. The molecule has 0 amide bonds. The maximum absolute atomic E-state index is 12.8. The first-order valence-corrected chi connectivity index (χ1v) is 10.6. The molecule has 0 aromatic heterocycles. The number of hydrogen-bond acceptors (Lipinski definition) is 3. The van der Waals surface area contributed by atoms with E-state index in [-0.39, 0.29) is 5.41 Å². The van der Waals surface area contributed by atoms with Gasteiger partial charge in [-0.3, -0.25) is 4.79 Å². The van der Waals surface area contributed by atoms with Crippen molar-refractivity contribution < 1.29 is 4.79 Å². The molecule has 2 heterocycles. The van der Waals surface area contributed by atoms with Crippen molar-refractivity contribution in [3.05, 3.63) is 0 Å². The number of carbonyl (C=O) groups is 1. The normalized spacial score (nSPS) is 31.8. The molecule has 3 fully saturated rings. The Kier molecular flexibility index (Phi) is 6.02. The van der Waals surface area contributed by atoms with Crippen LogP contribution in [0.3, 0.4) is 0 Å². The molecule has 0 aromatic carbocycles. The number of likely N-dealkylation sites (tertiary alicyclic amines) is 2. The lowest BCUT2D eigenvalue weighted by molar-refractivity contribution is -0.136. The molecule has 1 unspecified atom stereocenters. The summed E-state index contributed by atoms with van der Waals surface area (Å²) in [6.45, 7) is 12.0. The second-order valence-electron chi connectivity index (χ2n) is 8.87. The van der Waals surface area contributed by atoms with Crippen molar-refractivity contribution in [3.8, 4) is 0 Å². The van der Waals surface area contributed by atoms with Crippen molar-refractivity contribution >= 4 is 5.78 Å². The zero-order chi connectivity index (χ0) is 17.0. The first kappa shape index (κ1) is 18.4. The van der Waals surface area contributed by atoms with Crippen molar-refractivity contribution in [1.82, 2.24) is 9.80 Å². The molecule has 1 spiro atoms. The van der Waals surface area contributed by atoms with Gasteiger partial charge in [-0.2, -0.15) is 0 Å². The zero-order valence-corrected chi connectivity index (χ0v) is 16.1. The summed E-state index contributed by atoms with van der Waals surface area (Å²) in [5.41, 5.74) is 0.350. The van der Waals surface area contributed by atoms with Crippen LogP contribution >= 0.6 is 0 Å². The van der Waals surface area contributed by atoms with E-state index in [1.165, 1.54) is 77.8 Å². The number of hydrogen-bond donors (Lipinski definition) is 0. The van der Waals surface area contributed by atoms with E-state index in [1.54, 1.807) is 0 Å². The van der Waals surface area contributed by atoms with Crippen LogP contribution < -0.4 is 0 Å². The van der Waals surface area contributed by atoms with Crippen molar-refractivity contribution in [1.29, 1.82) is 0 Å². The molecular formula is C21H38N2O. The van der Waals surface area contributed by atoms with Crippen molar-refractivity contribution in [2.45, 2.75) is 78.1 Å². The van der Waals surface area contributed by atoms with Crippen LogP contribution in [0.4, 0.5) is 0 Å². The first-order chi connectivity index (χ1) is 11.6. The molecular weight excluding hydrogens is 296 g/mol. The van der Waals surface area contributed by atoms with Gasteiger partial charge >= 0.3 is 0 Å². The second-order valence-corrected chi connectivity index (χ2v) is 8.87. The average molecular weight is 335 g/mol. The standard InChI is InChI=1S/C21H38N2O/c1-3-21(4-2)10-9-20(17-19(21)24)11-16-23(18-20)15-8-14-22-12-6-5-7-13-22/h3-18H2,1-2H3. The van der Waals surface area contributed by atoms with Crippen LogP contribution in [0, 0.1) is 10.8 Å². The highest BCUT2D eigenvalue weighted by atomic mass is 16.1. The van der Waals surface area contributed by atoms with Gasteiger partial charge in [0.15, 0.2) is 0 Å². The molecule has 3 rings (SSSR count). The van der Waals surface area contributed by atoms with Gasteiger partial charge in [0.05, 0.1) is 0 Å². The lowest BCUT2D eigenvalue weighted by atomic mass is 9.60.